The number of nitrogen functional groups attached to an aromatic ring is 1. The Labute approximate surface area is 89.1 Å². The summed E-state index contributed by atoms with van der Waals surface area (Å²) in [6, 6.07) is 5.67. The maximum atomic E-state index is 10.0. The number of rotatable bonds is 2. The van der Waals surface area contributed by atoms with Crippen molar-refractivity contribution in [1.82, 2.24) is 4.57 Å². The van der Waals surface area contributed by atoms with Gasteiger partial charge >= 0.3 is 0 Å². The van der Waals surface area contributed by atoms with E-state index in [-0.39, 0.29) is 5.88 Å². The maximum Gasteiger partial charge on any atom is 0.201 e. The fourth-order valence-electron chi connectivity index (χ4n) is 1.86. The Bertz CT molecular complexity index is 486. The summed E-state index contributed by atoms with van der Waals surface area (Å²) in [6.07, 6.45) is 1.95. The molecule has 3 N–H and O–H groups in total. The van der Waals surface area contributed by atoms with E-state index in [0.717, 1.165) is 17.3 Å². The fraction of sp³-hybridized carbons (Fsp3) is 0.333. The lowest BCUT2D eigenvalue weighted by atomic mass is 10.2. The zero-order chi connectivity index (χ0) is 11.0. The molecule has 80 valence electrons. The Morgan fingerprint density at radius 1 is 1.40 bits per heavy atom. The third kappa shape index (κ3) is 1.65. The van der Waals surface area contributed by atoms with Gasteiger partial charge in [-0.25, -0.2) is 0 Å². The van der Waals surface area contributed by atoms with E-state index in [4.69, 9.17) is 5.73 Å². The molecule has 0 amide bonds. The van der Waals surface area contributed by atoms with Crippen molar-refractivity contribution < 1.29 is 5.11 Å². The zero-order valence-corrected chi connectivity index (χ0v) is 9.07. The lowest BCUT2D eigenvalue weighted by molar-refractivity contribution is 0.399. The average Bonchev–Trinajstić information content (AvgIpc) is 2.44. The Morgan fingerprint density at radius 2 is 2.13 bits per heavy atom. The SMILES string of the molecule is CC(C)Cn1cc2cccc(N)c2c1O. The van der Waals surface area contributed by atoms with Crippen molar-refractivity contribution in [2.75, 3.05) is 5.73 Å². The Hall–Kier alpha value is -1.64. The number of nitrogens with two attached hydrogens (primary N) is 1. The molecule has 0 aliphatic carbocycles. The van der Waals surface area contributed by atoms with E-state index in [0.29, 0.717) is 11.6 Å². The molecule has 2 rings (SSSR count). The van der Waals surface area contributed by atoms with Crippen LogP contribution in [0.4, 0.5) is 5.69 Å². The molecular formula is C12H16N2O. The molecule has 0 fully saturated rings. The highest BCUT2D eigenvalue weighted by molar-refractivity contribution is 5.97. The van der Waals surface area contributed by atoms with Crippen LogP contribution in [0.3, 0.4) is 0 Å². The molecule has 0 bridgehead atoms. The van der Waals surface area contributed by atoms with Crippen molar-refractivity contribution in [2.24, 2.45) is 5.92 Å². The van der Waals surface area contributed by atoms with Crippen LogP contribution in [0.2, 0.25) is 0 Å². The molecule has 15 heavy (non-hydrogen) atoms. The minimum atomic E-state index is 0.275. The van der Waals surface area contributed by atoms with E-state index in [1.54, 1.807) is 0 Å². The molecule has 0 spiro atoms. The minimum absolute atomic E-state index is 0.275. The van der Waals surface area contributed by atoms with Crippen LogP contribution in [0.15, 0.2) is 24.4 Å². The average molecular weight is 204 g/mol. The van der Waals surface area contributed by atoms with Crippen molar-refractivity contribution in [3.63, 3.8) is 0 Å². The number of hydrogen-bond acceptors (Lipinski definition) is 2. The summed E-state index contributed by atoms with van der Waals surface area (Å²) in [5.74, 6) is 0.774. The predicted molar refractivity (Wildman–Crippen MR) is 62.9 cm³/mol. The number of nitrogens with zero attached hydrogens (tertiary/aromatic N) is 1. The summed E-state index contributed by atoms with van der Waals surface area (Å²) in [4.78, 5) is 0. The second-order valence-corrected chi connectivity index (χ2v) is 4.31. The number of aromatic nitrogens is 1. The highest BCUT2D eigenvalue weighted by Gasteiger charge is 2.10. The summed E-state index contributed by atoms with van der Waals surface area (Å²) in [7, 11) is 0. The first-order chi connectivity index (χ1) is 7.09. The first kappa shape index (κ1) is 9.90. The third-order valence-corrected chi connectivity index (χ3v) is 2.48. The number of hydrogen-bond donors (Lipinski definition) is 2. The highest BCUT2D eigenvalue weighted by Crippen LogP contribution is 2.32. The largest absolute Gasteiger partial charge is 0.494 e. The quantitative estimate of drug-likeness (QED) is 0.739. The molecular weight excluding hydrogens is 188 g/mol. The number of fused-ring (bicyclic) bond motifs is 1. The first-order valence-corrected chi connectivity index (χ1v) is 5.16. The van der Waals surface area contributed by atoms with E-state index in [1.807, 2.05) is 29.0 Å². The molecule has 1 heterocycles. The van der Waals surface area contributed by atoms with Crippen molar-refractivity contribution in [2.45, 2.75) is 20.4 Å². The van der Waals surface area contributed by atoms with Gasteiger partial charge in [0, 0.05) is 23.8 Å². The molecule has 3 nitrogen and oxygen atoms in total. The topological polar surface area (TPSA) is 51.2 Å². The van der Waals surface area contributed by atoms with Crippen molar-refractivity contribution >= 4 is 16.5 Å². The smallest absolute Gasteiger partial charge is 0.201 e. The molecule has 2 aromatic rings. The van der Waals surface area contributed by atoms with Crippen LogP contribution in [0.25, 0.3) is 10.8 Å². The Balaban J connectivity index is 2.59. The van der Waals surface area contributed by atoms with E-state index in [2.05, 4.69) is 13.8 Å². The summed E-state index contributed by atoms with van der Waals surface area (Å²) in [6.45, 7) is 5.04. The summed E-state index contributed by atoms with van der Waals surface area (Å²) in [5.41, 5.74) is 6.46. The van der Waals surface area contributed by atoms with Gasteiger partial charge in [-0.3, -0.25) is 0 Å². The van der Waals surface area contributed by atoms with Gasteiger partial charge in [0.15, 0.2) is 0 Å². The molecule has 0 atom stereocenters. The third-order valence-electron chi connectivity index (χ3n) is 2.48. The minimum Gasteiger partial charge on any atom is -0.494 e. The van der Waals surface area contributed by atoms with Gasteiger partial charge in [-0.1, -0.05) is 26.0 Å². The van der Waals surface area contributed by atoms with Gasteiger partial charge in [0.25, 0.3) is 0 Å². The zero-order valence-electron chi connectivity index (χ0n) is 9.07. The molecule has 0 aliphatic rings. The molecule has 1 aromatic heterocycles. The van der Waals surface area contributed by atoms with Crippen LogP contribution in [-0.2, 0) is 6.54 Å². The predicted octanol–water partition coefficient (Wildman–Crippen LogP) is 2.59. The van der Waals surface area contributed by atoms with Crippen molar-refractivity contribution in [3.8, 4) is 5.88 Å². The number of aromatic hydroxyl groups is 1. The summed E-state index contributed by atoms with van der Waals surface area (Å²) in [5, 5.41) is 11.8. The van der Waals surface area contributed by atoms with Crippen molar-refractivity contribution in [3.05, 3.63) is 24.4 Å². The second-order valence-electron chi connectivity index (χ2n) is 4.31. The van der Waals surface area contributed by atoms with Crippen molar-refractivity contribution in [1.29, 1.82) is 0 Å². The van der Waals surface area contributed by atoms with Gasteiger partial charge in [0.2, 0.25) is 5.88 Å². The normalized spacial score (nSPS) is 11.4. The molecule has 1 aromatic carbocycles. The van der Waals surface area contributed by atoms with Gasteiger partial charge < -0.3 is 15.4 Å². The van der Waals surface area contributed by atoms with E-state index in [1.165, 1.54) is 0 Å². The van der Waals surface area contributed by atoms with Gasteiger partial charge in [0.1, 0.15) is 0 Å². The van der Waals surface area contributed by atoms with Gasteiger partial charge in [-0.15, -0.1) is 0 Å². The molecule has 3 heteroatoms. The second kappa shape index (κ2) is 3.50. The van der Waals surface area contributed by atoms with Gasteiger partial charge in [-0.05, 0) is 12.0 Å². The van der Waals surface area contributed by atoms with Crippen LogP contribution in [0.1, 0.15) is 13.8 Å². The van der Waals surface area contributed by atoms with Crippen LogP contribution in [0, 0.1) is 5.92 Å². The Morgan fingerprint density at radius 3 is 2.73 bits per heavy atom. The van der Waals surface area contributed by atoms with Crippen LogP contribution < -0.4 is 5.73 Å². The van der Waals surface area contributed by atoms with Gasteiger partial charge in [-0.2, -0.15) is 0 Å². The molecule has 0 saturated carbocycles. The van der Waals surface area contributed by atoms with Crippen LogP contribution >= 0.6 is 0 Å². The highest BCUT2D eigenvalue weighted by atomic mass is 16.3. The number of benzene rings is 1. The van der Waals surface area contributed by atoms with E-state index < -0.39 is 0 Å². The standard InChI is InChI=1S/C12H16N2O/c1-8(2)6-14-7-9-4-3-5-10(13)11(9)12(14)15/h3-5,7-8,15H,6,13H2,1-2H3. The molecule has 0 unspecified atom stereocenters. The first-order valence-electron chi connectivity index (χ1n) is 5.16. The Kier molecular flexibility index (Phi) is 2.31. The lowest BCUT2D eigenvalue weighted by Gasteiger charge is -2.07. The van der Waals surface area contributed by atoms with Gasteiger partial charge in [0.05, 0.1) is 5.39 Å². The number of anilines is 1. The van der Waals surface area contributed by atoms with E-state index in [9.17, 15) is 5.11 Å². The monoisotopic (exact) mass is 204 g/mol. The maximum absolute atomic E-state index is 10.0. The molecule has 0 aliphatic heterocycles. The summed E-state index contributed by atoms with van der Waals surface area (Å²) >= 11 is 0. The lowest BCUT2D eigenvalue weighted by Crippen LogP contribution is -2.01. The van der Waals surface area contributed by atoms with E-state index >= 15 is 0 Å². The molecule has 0 saturated heterocycles. The van der Waals surface area contributed by atoms with Crippen LogP contribution in [0.5, 0.6) is 5.88 Å². The van der Waals surface area contributed by atoms with Crippen LogP contribution in [-0.4, -0.2) is 9.67 Å². The fourth-order valence-corrected chi connectivity index (χ4v) is 1.86. The summed E-state index contributed by atoms with van der Waals surface area (Å²) < 4.78 is 1.85. The molecule has 0 radical (unpaired) electrons.